The van der Waals surface area contributed by atoms with Crippen molar-refractivity contribution in [2.24, 2.45) is 0 Å². The first-order chi connectivity index (χ1) is 15.0. The SMILES string of the molecule is Nc1ccnn2cc(Cn3cc(C(=O)NCc4ncn5ccc(Cl)c(F)c45)nn3)nc12. The van der Waals surface area contributed by atoms with Crippen molar-refractivity contribution in [2.75, 3.05) is 5.73 Å². The molecule has 0 saturated carbocycles. The summed E-state index contributed by atoms with van der Waals surface area (Å²) in [6.07, 6.45) is 7.82. The number of nitrogen functional groups attached to an aromatic ring is 1. The Morgan fingerprint density at radius 3 is 3.00 bits per heavy atom. The van der Waals surface area contributed by atoms with Crippen LogP contribution in [0.4, 0.5) is 10.1 Å². The van der Waals surface area contributed by atoms with Gasteiger partial charge in [-0.2, -0.15) is 5.10 Å². The first-order valence-corrected chi connectivity index (χ1v) is 9.44. The van der Waals surface area contributed by atoms with Crippen LogP contribution in [0.2, 0.25) is 5.02 Å². The summed E-state index contributed by atoms with van der Waals surface area (Å²) >= 11 is 5.84. The Morgan fingerprint density at radius 1 is 1.29 bits per heavy atom. The normalized spacial score (nSPS) is 11.4. The Kier molecular flexibility index (Phi) is 4.47. The van der Waals surface area contributed by atoms with E-state index in [4.69, 9.17) is 17.3 Å². The molecule has 0 saturated heterocycles. The van der Waals surface area contributed by atoms with Crippen LogP contribution >= 0.6 is 11.6 Å². The number of imidazole rings is 2. The standard InChI is InChI=1S/C18H14ClFN10O/c19-11-2-4-28-9-23-13(16(28)15(11)20)5-22-18(31)14-8-29(27-26-14)6-10-7-30-17(25-10)12(21)1-3-24-30/h1-4,7-9H,5-6,21H2,(H,22,31). The van der Waals surface area contributed by atoms with E-state index < -0.39 is 11.7 Å². The van der Waals surface area contributed by atoms with Gasteiger partial charge in [-0.05, 0) is 12.1 Å². The molecule has 31 heavy (non-hydrogen) atoms. The molecule has 1 amide bonds. The number of nitrogens with one attached hydrogen (secondary N) is 1. The molecule has 5 aromatic heterocycles. The highest BCUT2D eigenvalue weighted by atomic mass is 35.5. The van der Waals surface area contributed by atoms with Crippen LogP contribution in [0.1, 0.15) is 21.9 Å². The van der Waals surface area contributed by atoms with E-state index >= 15 is 0 Å². The van der Waals surface area contributed by atoms with Crippen molar-refractivity contribution < 1.29 is 9.18 Å². The van der Waals surface area contributed by atoms with E-state index in [0.29, 0.717) is 22.7 Å². The summed E-state index contributed by atoms with van der Waals surface area (Å²) in [4.78, 5) is 21.0. The third kappa shape index (κ3) is 3.42. The van der Waals surface area contributed by atoms with Crippen LogP contribution in [-0.2, 0) is 13.1 Å². The van der Waals surface area contributed by atoms with Crippen molar-refractivity contribution >= 4 is 34.4 Å². The van der Waals surface area contributed by atoms with E-state index in [2.05, 4.69) is 30.7 Å². The third-order valence-electron chi connectivity index (χ3n) is 4.62. The maximum Gasteiger partial charge on any atom is 0.273 e. The summed E-state index contributed by atoms with van der Waals surface area (Å²) in [6.45, 7) is 0.273. The molecule has 0 fully saturated rings. The first-order valence-electron chi connectivity index (χ1n) is 9.06. The number of aromatic nitrogens is 8. The Balaban J connectivity index is 1.29. The molecule has 0 aliphatic rings. The van der Waals surface area contributed by atoms with E-state index in [-0.39, 0.29) is 29.3 Å². The number of carbonyl (C=O) groups is 1. The molecule has 0 unspecified atom stereocenters. The highest BCUT2D eigenvalue weighted by Crippen LogP contribution is 2.21. The molecule has 5 heterocycles. The molecule has 0 aromatic carbocycles. The number of nitrogens with zero attached hydrogens (tertiary/aromatic N) is 8. The Bertz CT molecular complexity index is 1440. The summed E-state index contributed by atoms with van der Waals surface area (Å²) in [6, 6.07) is 3.09. The van der Waals surface area contributed by atoms with Gasteiger partial charge in [-0.1, -0.05) is 16.8 Å². The van der Waals surface area contributed by atoms with Crippen LogP contribution in [0.25, 0.3) is 11.2 Å². The zero-order chi connectivity index (χ0) is 21.5. The first kappa shape index (κ1) is 18.9. The lowest BCUT2D eigenvalue weighted by atomic mass is 10.3. The Labute approximate surface area is 178 Å². The second kappa shape index (κ2) is 7.32. The maximum absolute atomic E-state index is 14.3. The molecular formula is C18H14ClFN10O. The predicted octanol–water partition coefficient (Wildman–Crippen LogP) is 1.32. The fourth-order valence-electron chi connectivity index (χ4n) is 3.15. The molecule has 156 valence electrons. The molecule has 11 nitrogen and oxygen atoms in total. The van der Waals surface area contributed by atoms with Gasteiger partial charge in [0.05, 0.1) is 60.1 Å². The highest BCUT2D eigenvalue weighted by molar-refractivity contribution is 6.31. The van der Waals surface area contributed by atoms with Crippen LogP contribution in [-0.4, -0.2) is 44.9 Å². The number of halogens is 2. The van der Waals surface area contributed by atoms with Crippen molar-refractivity contribution in [1.82, 2.24) is 44.3 Å². The number of hydrogen-bond acceptors (Lipinski definition) is 7. The second-order valence-electron chi connectivity index (χ2n) is 6.70. The summed E-state index contributed by atoms with van der Waals surface area (Å²) in [5.74, 6) is -1.07. The molecule has 3 N–H and O–H groups in total. The number of amides is 1. The second-order valence-corrected chi connectivity index (χ2v) is 7.10. The van der Waals surface area contributed by atoms with Crippen molar-refractivity contribution in [1.29, 1.82) is 0 Å². The van der Waals surface area contributed by atoms with Crippen molar-refractivity contribution in [3.05, 3.63) is 71.2 Å². The van der Waals surface area contributed by atoms with Crippen LogP contribution in [0, 0.1) is 5.82 Å². The van der Waals surface area contributed by atoms with Crippen LogP contribution in [0.5, 0.6) is 0 Å². The molecule has 0 bridgehead atoms. The average Bonchev–Trinajstić information content (AvgIpc) is 3.48. The van der Waals surface area contributed by atoms with Crippen molar-refractivity contribution in [2.45, 2.75) is 13.1 Å². The number of nitrogens with two attached hydrogens (primary N) is 1. The fraction of sp³-hybridized carbons (Fsp3) is 0.111. The maximum atomic E-state index is 14.3. The number of hydrogen-bond donors (Lipinski definition) is 2. The van der Waals surface area contributed by atoms with Crippen molar-refractivity contribution in [3.8, 4) is 0 Å². The average molecular weight is 441 g/mol. The highest BCUT2D eigenvalue weighted by Gasteiger charge is 2.16. The molecule has 5 rings (SSSR count). The van der Waals surface area contributed by atoms with Gasteiger partial charge in [-0.15, -0.1) is 5.10 Å². The monoisotopic (exact) mass is 440 g/mol. The number of anilines is 1. The van der Waals surface area contributed by atoms with E-state index in [0.717, 1.165) is 0 Å². The van der Waals surface area contributed by atoms with E-state index in [1.807, 2.05) is 0 Å². The molecule has 0 radical (unpaired) electrons. The van der Waals surface area contributed by atoms with Crippen LogP contribution in [0.15, 0.2) is 43.2 Å². The predicted molar refractivity (Wildman–Crippen MR) is 108 cm³/mol. The summed E-state index contributed by atoms with van der Waals surface area (Å²) in [5.41, 5.74) is 8.23. The largest absolute Gasteiger partial charge is 0.396 e. The van der Waals surface area contributed by atoms with Gasteiger partial charge >= 0.3 is 0 Å². The molecule has 0 spiro atoms. The van der Waals surface area contributed by atoms with Gasteiger partial charge in [-0.25, -0.2) is 23.6 Å². The molecule has 5 aromatic rings. The number of carbonyl (C=O) groups excluding carboxylic acids is 1. The quantitative estimate of drug-likeness (QED) is 0.421. The molecule has 13 heteroatoms. The van der Waals surface area contributed by atoms with Crippen LogP contribution < -0.4 is 11.1 Å². The molecule has 0 aliphatic carbocycles. The van der Waals surface area contributed by atoms with Gasteiger partial charge in [-0.3, -0.25) is 4.79 Å². The summed E-state index contributed by atoms with van der Waals surface area (Å²) in [5, 5.41) is 14.6. The lowest BCUT2D eigenvalue weighted by Gasteiger charge is -2.03. The molecular weight excluding hydrogens is 427 g/mol. The zero-order valence-electron chi connectivity index (χ0n) is 15.8. The van der Waals surface area contributed by atoms with Gasteiger partial charge in [0.15, 0.2) is 17.2 Å². The minimum atomic E-state index is -0.598. The lowest BCUT2D eigenvalue weighted by Crippen LogP contribution is -2.23. The third-order valence-corrected chi connectivity index (χ3v) is 4.91. The lowest BCUT2D eigenvalue weighted by molar-refractivity contribution is 0.0945. The fourth-order valence-corrected chi connectivity index (χ4v) is 3.30. The number of rotatable bonds is 5. The van der Waals surface area contributed by atoms with Gasteiger partial charge in [0.2, 0.25) is 0 Å². The van der Waals surface area contributed by atoms with Gasteiger partial charge < -0.3 is 15.5 Å². The summed E-state index contributed by atoms with van der Waals surface area (Å²) < 4.78 is 18.8. The topological polar surface area (TPSA) is 133 Å². The number of fused-ring (bicyclic) bond motifs is 2. The minimum absolute atomic E-state index is 0.00314. The van der Waals surface area contributed by atoms with Crippen molar-refractivity contribution in [3.63, 3.8) is 0 Å². The molecule has 0 aliphatic heterocycles. The smallest absolute Gasteiger partial charge is 0.273 e. The Hall–Kier alpha value is -4.06. The zero-order valence-corrected chi connectivity index (χ0v) is 16.5. The summed E-state index contributed by atoms with van der Waals surface area (Å²) in [7, 11) is 0. The van der Waals surface area contributed by atoms with E-state index in [9.17, 15) is 9.18 Å². The molecule has 0 atom stereocenters. The number of pyridine rings is 1. The van der Waals surface area contributed by atoms with E-state index in [1.54, 1.807) is 29.2 Å². The van der Waals surface area contributed by atoms with Gasteiger partial charge in [0.25, 0.3) is 5.91 Å². The van der Waals surface area contributed by atoms with Crippen LogP contribution in [0.3, 0.4) is 0 Å². The van der Waals surface area contributed by atoms with Gasteiger partial charge in [0.1, 0.15) is 5.52 Å². The van der Waals surface area contributed by atoms with E-state index in [1.165, 1.54) is 27.7 Å². The Morgan fingerprint density at radius 2 is 2.16 bits per heavy atom. The van der Waals surface area contributed by atoms with Gasteiger partial charge in [0, 0.05) is 6.20 Å². The minimum Gasteiger partial charge on any atom is -0.396 e.